The summed E-state index contributed by atoms with van der Waals surface area (Å²) in [6, 6.07) is 0. The van der Waals surface area contributed by atoms with Crippen LogP contribution in [0.15, 0.2) is 76.8 Å². The number of aliphatic imine (C=N–C) groups is 1. The summed E-state index contributed by atoms with van der Waals surface area (Å²) < 4.78 is 0. The first-order chi connectivity index (χ1) is 12.5. The topological polar surface area (TPSA) is 56.6 Å². The molecule has 0 radical (unpaired) electrons. The number of nitrogens with zero attached hydrogens (tertiary/aromatic N) is 1. The summed E-state index contributed by atoms with van der Waals surface area (Å²) in [6.07, 6.45) is 16.8. The average Bonchev–Trinajstić information content (AvgIpc) is 2.80. The van der Waals surface area contributed by atoms with Crippen LogP contribution in [-0.4, -0.2) is 24.1 Å². The molecule has 0 aromatic heterocycles. The van der Waals surface area contributed by atoms with Crippen LogP contribution in [0, 0.1) is 5.92 Å². The Balaban J connectivity index is 2.08. The number of rotatable bonds is 8. The summed E-state index contributed by atoms with van der Waals surface area (Å²) in [4.78, 5) is 4.75. The molecule has 4 heteroatoms. The van der Waals surface area contributed by atoms with Crippen LogP contribution < -0.4 is 10.6 Å². The molecule has 1 aliphatic heterocycles. The molecule has 1 aliphatic carbocycles. The van der Waals surface area contributed by atoms with Crippen molar-refractivity contribution in [1.29, 1.82) is 0 Å². The maximum Gasteiger partial charge on any atom is 0.144 e. The molecule has 2 atom stereocenters. The van der Waals surface area contributed by atoms with Gasteiger partial charge in [-0.25, -0.2) is 0 Å². The van der Waals surface area contributed by atoms with E-state index in [1.165, 1.54) is 5.57 Å². The second-order valence-electron chi connectivity index (χ2n) is 6.76. The fraction of sp³-hybridized carbons (Fsp3) is 0.409. The zero-order valence-corrected chi connectivity index (χ0v) is 16.1. The molecule has 0 bridgehead atoms. The van der Waals surface area contributed by atoms with Gasteiger partial charge in [0.25, 0.3) is 0 Å². The maximum atomic E-state index is 10.4. The summed E-state index contributed by atoms with van der Waals surface area (Å²) in [5.41, 5.74) is 5.34. The van der Waals surface area contributed by atoms with Crippen LogP contribution >= 0.6 is 0 Å². The third-order valence-corrected chi connectivity index (χ3v) is 4.55. The lowest BCUT2D eigenvalue weighted by Gasteiger charge is -2.24. The lowest BCUT2D eigenvalue weighted by molar-refractivity contribution is 0.198. The lowest BCUT2D eigenvalue weighted by Crippen LogP contribution is -2.28. The van der Waals surface area contributed by atoms with Crippen molar-refractivity contribution in [2.75, 3.05) is 7.05 Å². The number of hydrogen-bond donors (Lipinski definition) is 3. The van der Waals surface area contributed by atoms with Gasteiger partial charge in [-0.1, -0.05) is 37.3 Å². The molecule has 3 N–H and O–H groups in total. The largest absolute Gasteiger partial charge is 0.391 e. The van der Waals surface area contributed by atoms with Crippen LogP contribution in [0.5, 0.6) is 0 Å². The van der Waals surface area contributed by atoms with Gasteiger partial charge in [-0.3, -0.25) is 4.99 Å². The molecule has 2 rings (SSSR count). The van der Waals surface area contributed by atoms with E-state index >= 15 is 0 Å². The minimum Gasteiger partial charge on any atom is -0.391 e. The van der Waals surface area contributed by atoms with Gasteiger partial charge in [0, 0.05) is 18.5 Å². The van der Waals surface area contributed by atoms with E-state index < -0.39 is 6.23 Å². The van der Waals surface area contributed by atoms with Crippen LogP contribution in [-0.2, 0) is 0 Å². The van der Waals surface area contributed by atoms with Gasteiger partial charge in [-0.15, -0.1) is 6.58 Å². The molecular formula is C22H31N3O. The molecule has 0 saturated heterocycles. The molecule has 0 spiro atoms. The van der Waals surface area contributed by atoms with E-state index in [2.05, 4.69) is 49.3 Å². The van der Waals surface area contributed by atoms with Crippen molar-refractivity contribution >= 4 is 5.71 Å². The first-order valence-corrected chi connectivity index (χ1v) is 9.31. The van der Waals surface area contributed by atoms with E-state index in [1.54, 1.807) is 6.08 Å². The zero-order valence-electron chi connectivity index (χ0n) is 16.1. The summed E-state index contributed by atoms with van der Waals surface area (Å²) in [5, 5.41) is 16.7. The number of nitrogens with one attached hydrogen (secondary N) is 2. The minimum absolute atomic E-state index is 0.445. The van der Waals surface area contributed by atoms with Crippen molar-refractivity contribution in [2.45, 2.75) is 45.8 Å². The van der Waals surface area contributed by atoms with Gasteiger partial charge < -0.3 is 15.7 Å². The van der Waals surface area contributed by atoms with Crippen LogP contribution in [0.1, 0.15) is 39.5 Å². The van der Waals surface area contributed by atoms with Crippen LogP contribution in [0.4, 0.5) is 0 Å². The highest BCUT2D eigenvalue weighted by atomic mass is 16.3. The highest BCUT2D eigenvalue weighted by Gasteiger charge is 2.22. The number of allylic oxidation sites excluding steroid dienone is 8. The third-order valence-electron chi connectivity index (χ3n) is 4.55. The van der Waals surface area contributed by atoms with Crippen molar-refractivity contribution in [3.8, 4) is 0 Å². The van der Waals surface area contributed by atoms with Crippen molar-refractivity contribution in [3.05, 3.63) is 71.8 Å². The normalized spacial score (nSPS) is 21.7. The molecule has 0 saturated carbocycles. The van der Waals surface area contributed by atoms with Gasteiger partial charge in [-0.2, -0.15) is 0 Å². The smallest absolute Gasteiger partial charge is 0.144 e. The molecule has 1 unspecified atom stereocenters. The number of hydrogen-bond acceptors (Lipinski definition) is 4. The molecular weight excluding hydrogens is 322 g/mol. The van der Waals surface area contributed by atoms with Crippen LogP contribution in [0.2, 0.25) is 0 Å². The Hall–Kier alpha value is -2.33. The van der Waals surface area contributed by atoms with E-state index in [4.69, 9.17) is 4.99 Å². The lowest BCUT2D eigenvalue weighted by atomic mass is 9.90. The standard InChI is InChI=1S/C22H31N3O/c1-5-6-10-18(23-4)11-9-14-21(26)25-20-13-8-7-12-19-16(2)15-17(3)24-22(19)20/h5,7,9,11-14,16,21,23,25-26H,1,6,8,10,15H2,2-4H3/b14-9+,18-11+/t16-,21?/m0/s1. The Morgan fingerprint density at radius 2 is 2.31 bits per heavy atom. The average molecular weight is 354 g/mol. The summed E-state index contributed by atoms with van der Waals surface area (Å²) in [6.45, 7) is 8.03. The highest BCUT2D eigenvalue weighted by molar-refractivity contribution is 5.85. The third kappa shape index (κ3) is 5.60. The predicted octanol–water partition coefficient (Wildman–Crippen LogP) is 4.12. The second kappa shape index (κ2) is 9.97. The molecule has 0 fully saturated rings. The van der Waals surface area contributed by atoms with Gasteiger partial charge >= 0.3 is 0 Å². The predicted molar refractivity (Wildman–Crippen MR) is 111 cm³/mol. The highest BCUT2D eigenvalue weighted by Crippen LogP contribution is 2.31. The number of aliphatic hydroxyl groups is 1. The molecule has 1 heterocycles. The van der Waals surface area contributed by atoms with Gasteiger partial charge in [0.2, 0.25) is 0 Å². The van der Waals surface area contributed by atoms with Gasteiger partial charge in [0.15, 0.2) is 0 Å². The summed E-state index contributed by atoms with van der Waals surface area (Å²) in [5.74, 6) is 0.445. The molecule has 140 valence electrons. The maximum absolute atomic E-state index is 10.4. The molecule has 0 amide bonds. The number of aliphatic hydroxyl groups excluding tert-OH is 1. The van der Waals surface area contributed by atoms with E-state index in [0.29, 0.717) is 5.92 Å². The molecule has 0 aromatic rings. The Morgan fingerprint density at radius 3 is 3.04 bits per heavy atom. The Bertz CT molecular complexity index is 692. The first kappa shape index (κ1) is 20.0. The van der Waals surface area contributed by atoms with Crippen molar-refractivity contribution in [1.82, 2.24) is 10.6 Å². The van der Waals surface area contributed by atoms with Crippen molar-refractivity contribution < 1.29 is 5.11 Å². The van der Waals surface area contributed by atoms with Crippen LogP contribution in [0.25, 0.3) is 0 Å². The van der Waals surface area contributed by atoms with Gasteiger partial charge in [0.1, 0.15) is 6.23 Å². The van der Waals surface area contributed by atoms with E-state index in [-0.39, 0.29) is 0 Å². The Labute approximate surface area is 157 Å². The Morgan fingerprint density at radius 1 is 1.50 bits per heavy atom. The SMILES string of the molecule is C=CCC/C(=C\C=C\C(O)NC1=CCC=CC2=C1N=C(C)C[C@@H]2C)NC. The summed E-state index contributed by atoms with van der Waals surface area (Å²) >= 11 is 0. The molecule has 26 heavy (non-hydrogen) atoms. The minimum atomic E-state index is -0.769. The molecule has 2 aliphatic rings. The zero-order chi connectivity index (χ0) is 18.9. The quantitative estimate of drug-likeness (QED) is 0.349. The van der Waals surface area contributed by atoms with Gasteiger partial charge in [0.05, 0.1) is 11.4 Å². The van der Waals surface area contributed by atoms with E-state index in [1.807, 2.05) is 25.3 Å². The van der Waals surface area contributed by atoms with Gasteiger partial charge in [-0.05, 0) is 56.3 Å². The fourth-order valence-corrected chi connectivity index (χ4v) is 3.18. The van der Waals surface area contributed by atoms with E-state index in [9.17, 15) is 5.11 Å². The van der Waals surface area contributed by atoms with E-state index in [0.717, 1.165) is 48.5 Å². The monoisotopic (exact) mass is 353 g/mol. The molecule has 4 nitrogen and oxygen atoms in total. The van der Waals surface area contributed by atoms with Crippen molar-refractivity contribution in [2.24, 2.45) is 10.9 Å². The van der Waals surface area contributed by atoms with Crippen LogP contribution in [0.3, 0.4) is 0 Å². The summed E-state index contributed by atoms with van der Waals surface area (Å²) in [7, 11) is 1.90. The second-order valence-corrected chi connectivity index (χ2v) is 6.76. The fourth-order valence-electron chi connectivity index (χ4n) is 3.18. The van der Waals surface area contributed by atoms with Crippen molar-refractivity contribution in [3.63, 3.8) is 0 Å². The first-order valence-electron chi connectivity index (χ1n) is 9.31. The molecule has 0 aromatic carbocycles. The Kier molecular flexibility index (Phi) is 7.67.